The van der Waals surface area contributed by atoms with Gasteiger partial charge in [-0.05, 0) is 50.5 Å². The van der Waals surface area contributed by atoms with Crippen molar-refractivity contribution in [2.45, 2.75) is 75.7 Å². The van der Waals surface area contributed by atoms with E-state index in [0.29, 0.717) is 18.5 Å². The molecule has 0 unspecified atom stereocenters. The summed E-state index contributed by atoms with van der Waals surface area (Å²) in [5, 5.41) is 8.37. The van der Waals surface area contributed by atoms with Gasteiger partial charge in [0.05, 0.1) is 18.3 Å². The van der Waals surface area contributed by atoms with Gasteiger partial charge in [-0.25, -0.2) is 22.9 Å². The third-order valence-corrected chi connectivity index (χ3v) is 8.38. The van der Waals surface area contributed by atoms with E-state index in [-0.39, 0.29) is 46.9 Å². The molecule has 3 atom stereocenters. The first kappa shape index (κ1) is 28.3. The average Bonchev–Trinajstić information content (AvgIpc) is 3.30. The number of amides is 3. The zero-order valence-corrected chi connectivity index (χ0v) is 22.3. The van der Waals surface area contributed by atoms with Crippen molar-refractivity contribution in [2.75, 3.05) is 6.54 Å². The standard InChI is InChI=1S/C27H27F6N5O4/c1-12-16(11-41-37-12)23(39)35-20(13-6-8-26(29,30)9-7-13)24-36-21-17(42-24)5-4-15(19(21)28)22(14-2-3-14)38-10-18(27(31,32)33)34-25(38)40/h4-5,11,13-14,18,20,22H,2-3,6-10H2,1H3,(H,34,40)(H,35,39)/t18-,20-,22-/m0/s1. The van der Waals surface area contributed by atoms with Gasteiger partial charge in [0.1, 0.15) is 29.4 Å². The Labute approximate surface area is 235 Å². The summed E-state index contributed by atoms with van der Waals surface area (Å²) in [6.07, 6.45) is -3.03. The molecular weight excluding hydrogens is 572 g/mol. The van der Waals surface area contributed by atoms with Crippen molar-refractivity contribution >= 4 is 23.0 Å². The minimum absolute atomic E-state index is 0.000755. The van der Waals surface area contributed by atoms with Gasteiger partial charge in [0.25, 0.3) is 5.91 Å². The molecule has 15 heteroatoms. The van der Waals surface area contributed by atoms with Crippen LogP contribution in [-0.4, -0.2) is 51.7 Å². The topological polar surface area (TPSA) is 114 Å². The summed E-state index contributed by atoms with van der Waals surface area (Å²) in [6, 6.07) is -2.18. The Morgan fingerprint density at radius 3 is 2.48 bits per heavy atom. The molecule has 2 N–H and O–H groups in total. The zero-order valence-electron chi connectivity index (χ0n) is 22.3. The molecule has 2 aromatic heterocycles. The van der Waals surface area contributed by atoms with Crippen LogP contribution >= 0.6 is 0 Å². The van der Waals surface area contributed by atoms with E-state index in [1.54, 1.807) is 6.92 Å². The number of nitrogens with one attached hydrogen (secondary N) is 2. The molecule has 42 heavy (non-hydrogen) atoms. The highest BCUT2D eigenvalue weighted by Crippen LogP contribution is 2.48. The lowest BCUT2D eigenvalue weighted by atomic mass is 9.82. The first-order valence-electron chi connectivity index (χ1n) is 13.6. The van der Waals surface area contributed by atoms with Crippen LogP contribution < -0.4 is 10.6 Å². The summed E-state index contributed by atoms with van der Waals surface area (Å²) in [5.41, 5.74) is 0.197. The van der Waals surface area contributed by atoms with Crippen LogP contribution in [0.3, 0.4) is 0 Å². The molecule has 0 radical (unpaired) electrons. The molecule has 0 bridgehead atoms. The fraction of sp³-hybridized carbons (Fsp3) is 0.556. The van der Waals surface area contributed by atoms with Gasteiger partial charge in [-0.2, -0.15) is 13.2 Å². The van der Waals surface area contributed by atoms with Gasteiger partial charge >= 0.3 is 12.2 Å². The van der Waals surface area contributed by atoms with E-state index >= 15 is 4.39 Å². The molecule has 1 aromatic carbocycles. The summed E-state index contributed by atoms with van der Waals surface area (Å²) in [7, 11) is 0. The molecule has 2 saturated carbocycles. The lowest BCUT2D eigenvalue weighted by Gasteiger charge is -2.32. The first-order valence-corrected chi connectivity index (χ1v) is 13.6. The first-order chi connectivity index (χ1) is 19.8. The number of urea groups is 1. The Hall–Kier alpha value is -3.78. The van der Waals surface area contributed by atoms with E-state index in [1.807, 2.05) is 5.32 Å². The highest BCUT2D eigenvalue weighted by molar-refractivity contribution is 5.95. The number of carbonyl (C=O) groups is 2. The second kappa shape index (κ2) is 10.2. The third kappa shape index (κ3) is 5.28. The maximum absolute atomic E-state index is 16.1. The van der Waals surface area contributed by atoms with Gasteiger partial charge in [0.2, 0.25) is 11.8 Å². The van der Waals surface area contributed by atoms with Crippen molar-refractivity contribution in [2.24, 2.45) is 11.8 Å². The van der Waals surface area contributed by atoms with E-state index in [4.69, 9.17) is 8.94 Å². The number of nitrogens with zero attached hydrogens (tertiary/aromatic N) is 3. The number of rotatable bonds is 7. The molecule has 0 spiro atoms. The van der Waals surface area contributed by atoms with Crippen molar-refractivity contribution in [1.29, 1.82) is 0 Å². The van der Waals surface area contributed by atoms with Gasteiger partial charge in [0.15, 0.2) is 11.4 Å². The van der Waals surface area contributed by atoms with Crippen LogP contribution in [0.5, 0.6) is 0 Å². The van der Waals surface area contributed by atoms with Gasteiger partial charge in [-0.1, -0.05) is 11.2 Å². The van der Waals surface area contributed by atoms with Crippen molar-refractivity contribution in [3.05, 3.63) is 46.9 Å². The van der Waals surface area contributed by atoms with Crippen LogP contribution in [0, 0.1) is 24.6 Å². The van der Waals surface area contributed by atoms with Crippen LogP contribution in [0.25, 0.3) is 11.1 Å². The molecule has 226 valence electrons. The molecule has 6 rings (SSSR count). The minimum atomic E-state index is -4.66. The van der Waals surface area contributed by atoms with Crippen LogP contribution in [0.4, 0.5) is 31.1 Å². The van der Waals surface area contributed by atoms with Gasteiger partial charge in [-0.15, -0.1) is 0 Å². The molecule has 9 nitrogen and oxygen atoms in total. The molecule has 3 heterocycles. The zero-order chi connectivity index (χ0) is 30.0. The van der Waals surface area contributed by atoms with Crippen molar-refractivity contribution in [1.82, 2.24) is 25.7 Å². The van der Waals surface area contributed by atoms with E-state index < -0.39 is 73.3 Å². The summed E-state index contributed by atoms with van der Waals surface area (Å²) in [5.74, 6) is -5.15. The van der Waals surface area contributed by atoms with E-state index in [9.17, 15) is 31.5 Å². The van der Waals surface area contributed by atoms with Gasteiger partial charge < -0.3 is 24.5 Å². The number of oxazole rings is 1. The largest absolute Gasteiger partial charge is 0.438 e. The molecule has 3 amide bonds. The van der Waals surface area contributed by atoms with Crippen LogP contribution in [0.15, 0.2) is 27.3 Å². The maximum atomic E-state index is 16.1. The number of aromatic nitrogens is 2. The predicted octanol–water partition coefficient (Wildman–Crippen LogP) is 5.97. The molecule has 2 aliphatic carbocycles. The fourth-order valence-corrected chi connectivity index (χ4v) is 5.93. The summed E-state index contributed by atoms with van der Waals surface area (Å²) in [4.78, 5) is 30.9. The van der Waals surface area contributed by atoms with Crippen molar-refractivity contribution in [3.63, 3.8) is 0 Å². The van der Waals surface area contributed by atoms with E-state index in [2.05, 4.69) is 15.5 Å². The van der Waals surface area contributed by atoms with Crippen LogP contribution in [-0.2, 0) is 0 Å². The Balaban J connectivity index is 1.34. The van der Waals surface area contributed by atoms with Crippen molar-refractivity contribution in [3.8, 4) is 0 Å². The van der Waals surface area contributed by atoms with E-state index in [0.717, 1.165) is 11.2 Å². The second-order valence-corrected chi connectivity index (χ2v) is 11.3. The molecule has 1 aliphatic heterocycles. The average molecular weight is 600 g/mol. The number of alkyl halides is 5. The number of fused-ring (bicyclic) bond motifs is 1. The highest BCUT2D eigenvalue weighted by atomic mass is 19.4. The predicted molar refractivity (Wildman–Crippen MR) is 133 cm³/mol. The maximum Gasteiger partial charge on any atom is 0.410 e. The number of hydrogen-bond acceptors (Lipinski definition) is 6. The molecule has 3 aromatic rings. The summed E-state index contributed by atoms with van der Waals surface area (Å²) >= 11 is 0. The second-order valence-electron chi connectivity index (χ2n) is 11.3. The third-order valence-electron chi connectivity index (χ3n) is 8.38. The molecule has 3 aliphatic rings. The number of halogens is 6. The Morgan fingerprint density at radius 1 is 1.17 bits per heavy atom. The SMILES string of the molecule is Cc1nocc1C(=O)N[C@H](c1nc2c(F)c([C@H](C3CC3)N3C[C@@H](C(F)(F)F)NC3=O)ccc2o1)C1CCC(F)(F)CC1. The quantitative estimate of drug-likeness (QED) is 0.324. The van der Waals surface area contributed by atoms with Crippen LogP contribution in [0.2, 0.25) is 0 Å². The Bertz CT molecular complexity index is 1510. The number of benzene rings is 1. The lowest BCUT2D eigenvalue weighted by molar-refractivity contribution is -0.150. The summed E-state index contributed by atoms with van der Waals surface area (Å²) < 4.78 is 94.7. The monoisotopic (exact) mass is 599 g/mol. The number of carbonyl (C=O) groups excluding carboxylic acids is 2. The highest BCUT2D eigenvalue weighted by Gasteiger charge is 2.51. The van der Waals surface area contributed by atoms with Gasteiger partial charge in [0, 0.05) is 18.4 Å². The van der Waals surface area contributed by atoms with Crippen LogP contribution in [0.1, 0.15) is 78.1 Å². The van der Waals surface area contributed by atoms with E-state index in [1.165, 1.54) is 12.1 Å². The normalized spacial score (nSPS) is 22.8. The molecule has 3 fully saturated rings. The number of hydrogen-bond donors (Lipinski definition) is 2. The lowest BCUT2D eigenvalue weighted by Crippen LogP contribution is -2.40. The molecule has 1 saturated heterocycles. The Morgan fingerprint density at radius 2 is 1.88 bits per heavy atom. The minimum Gasteiger partial charge on any atom is -0.438 e. The number of aryl methyl sites for hydroxylation is 1. The van der Waals surface area contributed by atoms with Gasteiger partial charge in [-0.3, -0.25) is 4.79 Å². The smallest absolute Gasteiger partial charge is 0.410 e. The van der Waals surface area contributed by atoms with Crippen molar-refractivity contribution < 1.29 is 44.9 Å². The summed E-state index contributed by atoms with van der Waals surface area (Å²) in [6.45, 7) is 0.895. The molecular formula is C27H27F6N5O4. The Kier molecular flexibility index (Phi) is 6.88. The fourth-order valence-electron chi connectivity index (χ4n) is 5.93.